The molecule has 0 bridgehead atoms. The van der Waals surface area contributed by atoms with Crippen LogP contribution in [0.25, 0.3) is 0 Å². The van der Waals surface area contributed by atoms with Gasteiger partial charge in [0.25, 0.3) is 0 Å². The van der Waals surface area contributed by atoms with Crippen molar-refractivity contribution in [3.05, 3.63) is 11.6 Å². The van der Waals surface area contributed by atoms with Gasteiger partial charge in [0.1, 0.15) is 134 Å². The minimum atomic E-state index is -2.16. The molecule has 5 aliphatic carbocycles. The number of rotatable bonds is 18. The first-order valence-corrected chi connectivity index (χ1v) is 34.3. The number of carboxylic acids is 1. The van der Waals surface area contributed by atoms with Crippen molar-refractivity contribution in [3.8, 4) is 0 Å². The van der Waals surface area contributed by atoms with Crippen LogP contribution in [-0.2, 0) is 66.4 Å². The van der Waals surface area contributed by atoms with Crippen LogP contribution in [0.1, 0.15) is 113 Å². The molecule has 98 heavy (non-hydrogen) atoms. The summed E-state index contributed by atoms with van der Waals surface area (Å²) in [6, 6.07) is 0. The van der Waals surface area contributed by atoms with Crippen molar-refractivity contribution >= 4 is 11.9 Å². The largest absolute Gasteiger partial charge is 0.479 e. The van der Waals surface area contributed by atoms with E-state index in [4.69, 9.17) is 56.8 Å². The minimum Gasteiger partial charge on any atom is -0.479 e. The number of carbonyl (C=O) groups excluding carboxylic acids is 1. The highest BCUT2D eigenvalue weighted by Crippen LogP contribution is 2.76. The Morgan fingerprint density at radius 1 is 0.459 bits per heavy atom. The summed E-state index contributed by atoms with van der Waals surface area (Å²) in [5, 5.41) is 204. The lowest BCUT2D eigenvalue weighted by Gasteiger charge is -2.71. The molecule has 37 atom stereocenters. The number of carboxylic acid groups (broad SMARTS) is 1. The molecule has 0 aromatic heterocycles. The highest BCUT2D eigenvalue weighted by Gasteiger charge is 2.71. The zero-order valence-corrected chi connectivity index (χ0v) is 55.9. The van der Waals surface area contributed by atoms with E-state index in [1.165, 1.54) is 0 Å². The molecule has 33 nitrogen and oxygen atoms in total. The van der Waals surface area contributed by atoms with Crippen LogP contribution in [0.3, 0.4) is 0 Å². The fourth-order valence-electron chi connectivity index (χ4n) is 19.0. The Kier molecular flexibility index (Phi) is 22.5. The standard InChI is InChI=1S/C65H104O33/c1-60(2)14-16-65(59(86)98-57-47(82)42(77)38(73)30(93-57)23-88-54-45(80)40(75)35(70)27(20-67)90-54)17-15-63(6)24(25(65)18-60)8-9-32-62(5)12-11-33(61(3,4)31(62)10-13-64(32,63)7)94-58-50(48(83)49(51(97-58)52(84)85)95-55-43(78)36(71)28(21-68)91-55)96-56-46(81)41(76)37(72)29(92-56)22-87-53-44(79)39(74)34(69)26(19-66)89-53/h8,25-51,53-58,66-83H,9-23H2,1-7H3,(H,84,85). The van der Waals surface area contributed by atoms with E-state index >= 15 is 4.79 Å². The van der Waals surface area contributed by atoms with Gasteiger partial charge in [0.2, 0.25) is 6.29 Å². The molecule has 6 heterocycles. The van der Waals surface area contributed by atoms with E-state index < -0.39 is 251 Å². The quantitative estimate of drug-likeness (QED) is 0.0346. The van der Waals surface area contributed by atoms with Gasteiger partial charge < -0.3 is 154 Å². The Bertz CT molecular complexity index is 2800. The molecule has 0 amide bonds. The van der Waals surface area contributed by atoms with Crippen LogP contribution >= 0.6 is 0 Å². The average molecular weight is 1410 g/mol. The number of aliphatic carboxylic acids is 1. The Balaban J connectivity index is 0.828. The number of allylic oxidation sites excluding steroid dienone is 2. The number of carbonyl (C=O) groups is 2. The van der Waals surface area contributed by atoms with Gasteiger partial charge in [-0.3, -0.25) is 4.79 Å². The maximum Gasteiger partial charge on any atom is 0.335 e. The molecule has 11 aliphatic rings. The van der Waals surface area contributed by atoms with E-state index in [9.17, 15) is 102 Å². The smallest absolute Gasteiger partial charge is 0.335 e. The molecule has 6 saturated heterocycles. The van der Waals surface area contributed by atoms with Crippen molar-refractivity contribution < 1.29 is 163 Å². The van der Waals surface area contributed by atoms with E-state index in [2.05, 4.69) is 40.7 Å². The third-order valence-corrected chi connectivity index (χ3v) is 25.2. The summed E-state index contributed by atoms with van der Waals surface area (Å²) < 4.78 is 71.1. The first kappa shape index (κ1) is 76.6. The van der Waals surface area contributed by atoms with Crippen molar-refractivity contribution in [3.63, 3.8) is 0 Å². The summed E-state index contributed by atoms with van der Waals surface area (Å²) in [4.78, 5) is 28.5. The first-order chi connectivity index (χ1) is 45.9. The Morgan fingerprint density at radius 3 is 1.44 bits per heavy atom. The summed E-state index contributed by atoms with van der Waals surface area (Å²) in [6.07, 6.45) is -45.3. The molecule has 0 aromatic rings. The molecule has 33 heteroatoms. The SMILES string of the molecule is CC1(C)CCC2(C(=O)OC3OC(COC4OC(CO)C(O)C(O)C4O)C(O)C(O)C3O)CCC3(C)C(=CCC4C5(C)CCC(OC6OC(C(=O)O)C(OC7OC(CO)C(O)C7O)C(O)C6OC6OC(COC7OC(CO)C(O)C(O)C7O)C(O)C(O)C6O)C(C)(C)C5CCC43C)C2C1. The van der Waals surface area contributed by atoms with Gasteiger partial charge in [-0.25, -0.2) is 4.79 Å². The molecule has 562 valence electrons. The van der Waals surface area contributed by atoms with E-state index in [0.717, 1.165) is 5.57 Å². The molecule has 19 N–H and O–H groups in total. The summed E-state index contributed by atoms with van der Waals surface area (Å²) in [5.74, 6) is -2.74. The van der Waals surface area contributed by atoms with Gasteiger partial charge in [-0.05, 0) is 109 Å². The zero-order chi connectivity index (χ0) is 71.6. The second kappa shape index (κ2) is 28.8. The normalized spacial score (nSPS) is 53.1. The predicted octanol–water partition coefficient (Wildman–Crippen LogP) is -5.66. The summed E-state index contributed by atoms with van der Waals surface area (Å²) in [5.41, 5.74) is -2.24. The van der Waals surface area contributed by atoms with Crippen LogP contribution in [0.5, 0.6) is 0 Å². The van der Waals surface area contributed by atoms with Crippen molar-refractivity contribution in [2.24, 2.45) is 50.2 Å². The van der Waals surface area contributed by atoms with Gasteiger partial charge in [0.15, 0.2) is 37.6 Å². The van der Waals surface area contributed by atoms with Gasteiger partial charge in [-0.15, -0.1) is 0 Å². The van der Waals surface area contributed by atoms with E-state index in [-0.39, 0.29) is 28.6 Å². The Morgan fingerprint density at radius 2 is 0.908 bits per heavy atom. The topological polar surface area (TPSA) is 529 Å². The number of hydrogen-bond acceptors (Lipinski definition) is 32. The molecule has 10 fully saturated rings. The Labute approximate surface area is 565 Å². The molecule has 0 aromatic carbocycles. The lowest BCUT2D eigenvalue weighted by molar-refractivity contribution is -0.385. The van der Waals surface area contributed by atoms with Crippen LogP contribution < -0.4 is 0 Å². The third kappa shape index (κ3) is 13.2. The van der Waals surface area contributed by atoms with Crippen molar-refractivity contribution in [2.75, 3.05) is 33.0 Å². The fraction of sp³-hybridized carbons (Fsp3) is 0.938. The van der Waals surface area contributed by atoms with Gasteiger partial charge in [0.05, 0.1) is 44.6 Å². The van der Waals surface area contributed by atoms with Crippen LogP contribution in [0.4, 0.5) is 0 Å². The van der Waals surface area contributed by atoms with Crippen LogP contribution in [0.15, 0.2) is 11.6 Å². The minimum absolute atomic E-state index is 0.0409. The van der Waals surface area contributed by atoms with E-state index in [1.54, 1.807) is 0 Å². The molecule has 0 spiro atoms. The highest BCUT2D eigenvalue weighted by atomic mass is 16.8. The third-order valence-electron chi connectivity index (χ3n) is 25.2. The molecular formula is C65H104O33. The highest BCUT2D eigenvalue weighted by molar-refractivity contribution is 5.79. The lowest BCUT2D eigenvalue weighted by atomic mass is 9.33. The van der Waals surface area contributed by atoms with Gasteiger partial charge in [0, 0.05) is 0 Å². The van der Waals surface area contributed by atoms with Crippen LogP contribution in [0.2, 0.25) is 0 Å². The van der Waals surface area contributed by atoms with Crippen molar-refractivity contribution in [1.29, 1.82) is 0 Å². The predicted molar refractivity (Wildman–Crippen MR) is 323 cm³/mol. The number of aliphatic hydroxyl groups excluding tert-OH is 18. The molecule has 37 unspecified atom stereocenters. The molecule has 4 saturated carbocycles. The van der Waals surface area contributed by atoms with Crippen LogP contribution in [-0.4, -0.2) is 326 Å². The van der Waals surface area contributed by atoms with Crippen molar-refractivity contribution in [2.45, 2.75) is 297 Å². The second-order valence-electron chi connectivity index (χ2n) is 31.5. The number of fused-ring (bicyclic) bond motifs is 7. The number of hydrogen-bond donors (Lipinski definition) is 19. The maximum absolute atomic E-state index is 15.2. The molecule has 0 radical (unpaired) electrons. The maximum atomic E-state index is 15.2. The second-order valence-corrected chi connectivity index (χ2v) is 31.5. The number of esters is 1. The van der Waals surface area contributed by atoms with Crippen LogP contribution in [0, 0.1) is 50.2 Å². The summed E-state index contributed by atoms with van der Waals surface area (Å²) in [6.45, 7) is 11.6. The average Bonchev–Trinajstić information content (AvgIpc) is 0.718. The summed E-state index contributed by atoms with van der Waals surface area (Å²) in [7, 11) is 0. The Hall–Kier alpha value is -2.48. The van der Waals surface area contributed by atoms with E-state index in [0.29, 0.717) is 64.2 Å². The lowest BCUT2D eigenvalue weighted by Crippen LogP contribution is -2.68. The number of aliphatic hydroxyl groups is 18. The van der Waals surface area contributed by atoms with Crippen molar-refractivity contribution in [1.82, 2.24) is 0 Å². The monoisotopic (exact) mass is 1410 g/mol. The van der Waals surface area contributed by atoms with Gasteiger partial charge in [-0.1, -0.05) is 60.1 Å². The fourth-order valence-corrected chi connectivity index (χ4v) is 19.0. The first-order valence-electron chi connectivity index (χ1n) is 34.3. The van der Waals surface area contributed by atoms with Gasteiger partial charge in [-0.2, -0.15) is 0 Å². The van der Waals surface area contributed by atoms with Gasteiger partial charge >= 0.3 is 11.9 Å². The number of ether oxygens (including phenoxy) is 12. The zero-order valence-electron chi connectivity index (χ0n) is 55.9. The van der Waals surface area contributed by atoms with E-state index in [1.807, 2.05) is 13.8 Å². The molecule has 11 rings (SSSR count). The summed E-state index contributed by atoms with van der Waals surface area (Å²) >= 11 is 0. The molecule has 6 aliphatic heterocycles. The molecular weight excluding hydrogens is 1310 g/mol.